The minimum absolute atomic E-state index is 0.451. The second-order valence-electron chi connectivity index (χ2n) is 4.11. The number of benzene rings is 1. The van der Waals surface area contributed by atoms with Crippen LogP contribution in [0.25, 0.3) is 5.69 Å². The Hall–Kier alpha value is -1.68. The van der Waals surface area contributed by atoms with Gasteiger partial charge in [0.15, 0.2) is 0 Å². The van der Waals surface area contributed by atoms with Crippen LogP contribution in [0.1, 0.15) is 19.5 Å². The first-order valence-electron chi connectivity index (χ1n) is 4.84. The largest absolute Gasteiger partial charge is 0.320 e. The fourth-order valence-electron chi connectivity index (χ4n) is 1.27. The molecule has 1 heterocycles. The van der Waals surface area contributed by atoms with E-state index in [-0.39, 0.29) is 0 Å². The predicted molar refractivity (Wildman–Crippen MR) is 58.6 cm³/mol. The zero-order valence-corrected chi connectivity index (χ0v) is 8.88. The van der Waals surface area contributed by atoms with Gasteiger partial charge in [0.05, 0.1) is 17.4 Å². The van der Waals surface area contributed by atoms with Crippen molar-refractivity contribution in [2.75, 3.05) is 0 Å². The molecule has 0 saturated carbocycles. The van der Waals surface area contributed by atoms with Crippen LogP contribution in [0, 0.1) is 0 Å². The minimum atomic E-state index is -0.451. The lowest BCUT2D eigenvalue weighted by atomic mass is 10.0. The zero-order chi connectivity index (χ0) is 10.9. The Balaban J connectivity index is 2.37. The molecule has 1 aromatic carbocycles. The summed E-state index contributed by atoms with van der Waals surface area (Å²) in [5.74, 6) is 0. The Labute approximate surface area is 88.7 Å². The highest BCUT2D eigenvalue weighted by Crippen LogP contribution is 2.14. The van der Waals surface area contributed by atoms with E-state index in [2.05, 4.69) is 10.3 Å². The SMILES string of the molecule is CC(C)(N)c1cn(-c2ccccc2)nn1. The molecule has 4 heteroatoms. The first-order chi connectivity index (χ1) is 7.07. The molecule has 2 N–H and O–H groups in total. The molecule has 2 aromatic rings. The smallest absolute Gasteiger partial charge is 0.102 e. The quantitative estimate of drug-likeness (QED) is 0.802. The minimum Gasteiger partial charge on any atom is -0.320 e. The third-order valence-electron chi connectivity index (χ3n) is 2.17. The van der Waals surface area contributed by atoms with Gasteiger partial charge in [-0.25, -0.2) is 4.68 Å². The second kappa shape index (κ2) is 3.47. The van der Waals surface area contributed by atoms with Gasteiger partial charge in [-0.3, -0.25) is 0 Å². The molecular formula is C11H14N4. The van der Waals surface area contributed by atoms with Gasteiger partial charge in [-0.2, -0.15) is 0 Å². The summed E-state index contributed by atoms with van der Waals surface area (Å²) in [5.41, 5.74) is 7.25. The van der Waals surface area contributed by atoms with Gasteiger partial charge in [0.2, 0.25) is 0 Å². The molecule has 0 aliphatic rings. The van der Waals surface area contributed by atoms with Crippen LogP contribution in [0.3, 0.4) is 0 Å². The van der Waals surface area contributed by atoms with Crippen LogP contribution < -0.4 is 5.73 Å². The van der Waals surface area contributed by atoms with Crippen molar-refractivity contribution in [3.8, 4) is 5.69 Å². The van der Waals surface area contributed by atoms with Crippen LogP contribution in [0.15, 0.2) is 36.5 Å². The van der Waals surface area contributed by atoms with Crippen molar-refractivity contribution < 1.29 is 0 Å². The first-order valence-corrected chi connectivity index (χ1v) is 4.84. The molecule has 4 nitrogen and oxygen atoms in total. The highest BCUT2D eigenvalue weighted by atomic mass is 15.4. The van der Waals surface area contributed by atoms with Crippen LogP contribution >= 0.6 is 0 Å². The Morgan fingerprint density at radius 3 is 2.40 bits per heavy atom. The average molecular weight is 202 g/mol. The molecule has 2 rings (SSSR count). The summed E-state index contributed by atoms with van der Waals surface area (Å²) in [6, 6.07) is 9.84. The monoisotopic (exact) mass is 202 g/mol. The molecule has 0 amide bonds. The Kier molecular flexibility index (Phi) is 2.28. The van der Waals surface area contributed by atoms with Gasteiger partial charge in [-0.15, -0.1) is 5.10 Å². The normalized spacial score (nSPS) is 11.7. The second-order valence-corrected chi connectivity index (χ2v) is 4.11. The molecular weight excluding hydrogens is 188 g/mol. The van der Waals surface area contributed by atoms with Crippen LogP contribution in [0.4, 0.5) is 0 Å². The van der Waals surface area contributed by atoms with E-state index in [1.54, 1.807) is 4.68 Å². The maximum absolute atomic E-state index is 5.93. The van der Waals surface area contributed by atoms with Crippen molar-refractivity contribution in [3.05, 3.63) is 42.2 Å². The number of nitrogens with zero attached hydrogens (tertiary/aromatic N) is 3. The lowest BCUT2D eigenvalue weighted by Gasteiger charge is -2.13. The van der Waals surface area contributed by atoms with E-state index < -0.39 is 5.54 Å². The highest BCUT2D eigenvalue weighted by molar-refractivity contribution is 5.30. The predicted octanol–water partition coefficient (Wildman–Crippen LogP) is 1.46. The molecule has 78 valence electrons. The standard InChI is InChI=1S/C11H14N4/c1-11(2,12)10-8-15(14-13-10)9-6-4-3-5-7-9/h3-8H,12H2,1-2H3. The fourth-order valence-corrected chi connectivity index (χ4v) is 1.27. The fraction of sp³-hybridized carbons (Fsp3) is 0.273. The van der Waals surface area contributed by atoms with Crippen LogP contribution in [-0.2, 0) is 5.54 Å². The number of para-hydroxylation sites is 1. The summed E-state index contributed by atoms with van der Waals surface area (Å²) in [7, 11) is 0. The lowest BCUT2D eigenvalue weighted by molar-refractivity contribution is 0.533. The van der Waals surface area contributed by atoms with Gasteiger partial charge in [0, 0.05) is 0 Å². The van der Waals surface area contributed by atoms with Gasteiger partial charge in [0.1, 0.15) is 5.69 Å². The van der Waals surface area contributed by atoms with Gasteiger partial charge in [-0.1, -0.05) is 23.4 Å². The molecule has 0 saturated heterocycles. The van der Waals surface area contributed by atoms with Crippen LogP contribution in [0.2, 0.25) is 0 Å². The Morgan fingerprint density at radius 2 is 1.87 bits per heavy atom. The van der Waals surface area contributed by atoms with Crippen molar-refractivity contribution in [3.63, 3.8) is 0 Å². The van der Waals surface area contributed by atoms with Crippen molar-refractivity contribution in [1.82, 2.24) is 15.0 Å². The van der Waals surface area contributed by atoms with Crippen LogP contribution in [-0.4, -0.2) is 15.0 Å². The summed E-state index contributed by atoms with van der Waals surface area (Å²) in [6.07, 6.45) is 1.86. The molecule has 1 aromatic heterocycles. The van der Waals surface area contributed by atoms with E-state index in [0.29, 0.717) is 0 Å². The van der Waals surface area contributed by atoms with Gasteiger partial charge in [-0.05, 0) is 26.0 Å². The summed E-state index contributed by atoms with van der Waals surface area (Å²) in [4.78, 5) is 0. The Morgan fingerprint density at radius 1 is 1.20 bits per heavy atom. The number of hydrogen-bond donors (Lipinski definition) is 1. The summed E-state index contributed by atoms with van der Waals surface area (Å²) in [6.45, 7) is 3.82. The van der Waals surface area contributed by atoms with E-state index in [9.17, 15) is 0 Å². The summed E-state index contributed by atoms with van der Waals surface area (Å²) < 4.78 is 1.73. The van der Waals surface area contributed by atoms with E-state index >= 15 is 0 Å². The number of rotatable bonds is 2. The summed E-state index contributed by atoms with van der Waals surface area (Å²) in [5, 5.41) is 8.09. The van der Waals surface area contributed by atoms with Gasteiger partial charge in [0.25, 0.3) is 0 Å². The number of aromatic nitrogens is 3. The van der Waals surface area contributed by atoms with Crippen molar-refractivity contribution in [1.29, 1.82) is 0 Å². The maximum atomic E-state index is 5.93. The Bertz CT molecular complexity index is 439. The molecule has 0 radical (unpaired) electrons. The first kappa shape index (κ1) is 9.86. The van der Waals surface area contributed by atoms with Crippen molar-refractivity contribution in [2.45, 2.75) is 19.4 Å². The number of nitrogens with two attached hydrogens (primary N) is 1. The topological polar surface area (TPSA) is 56.7 Å². The van der Waals surface area contributed by atoms with Crippen molar-refractivity contribution in [2.24, 2.45) is 5.73 Å². The zero-order valence-electron chi connectivity index (χ0n) is 8.88. The molecule has 0 bridgehead atoms. The van der Waals surface area contributed by atoms with Gasteiger partial charge < -0.3 is 5.73 Å². The van der Waals surface area contributed by atoms with Crippen LogP contribution in [0.5, 0.6) is 0 Å². The number of hydrogen-bond acceptors (Lipinski definition) is 3. The third-order valence-corrected chi connectivity index (χ3v) is 2.17. The van der Waals surface area contributed by atoms with E-state index in [1.165, 1.54) is 0 Å². The molecule has 0 fully saturated rings. The maximum Gasteiger partial charge on any atom is 0.102 e. The molecule has 0 aliphatic carbocycles. The summed E-state index contributed by atoms with van der Waals surface area (Å²) >= 11 is 0. The molecule has 0 aliphatic heterocycles. The third kappa shape index (κ3) is 2.05. The van der Waals surface area contributed by atoms with Gasteiger partial charge >= 0.3 is 0 Å². The average Bonchev–Trinajstić information content (AvgIpc) is 2.67. The lowest BCUT2D eigenvalue weighted by Crippen LogP contribution is -2.29. The molecule has 0 atom stereocenters. The van der Waals surface area contributed by atoms with E-state index in [0.717, 1.165) is 11.4 Å². The highest BCUT2D eigenvalue weighted by Gasteiger charge is 2.18. The molecule has 0 unspecified atom stereocenters. The molecule has 0 spiro atoms. The molecule has 15 heavy (non-hydrogen) atoms. The van der Waals surface area contributed by atoms with E-state index in [1.807, 2.05) is 50.4 Å². The van der Waals surface area contributed by atoms with E-state index in [4.69, 9.17) is 5.73 Å². The van der Waals surface area contributed by atoms with Crippen molar-refractivity contribution >= 4 is 0 Å².